The Morgan fingerprint density at radius 1 is 1.29 bits per heavy atom. The summed E-state index contributed by atoms with van der Waals surface area (Å²) in [6.45, 7) is 0. The van der Waals surface area contributed by atoms with E-state index < -0.39 is 5.91 Å². The van der Waals surface area contributed by atoms with Crippen LogP contribution in [0.15, 0.2) is 41.2 Å². The Morgan fingerprint density at radius 2 is 2.14 bits per heavy atom. The Bertz CT molecular complexity index is 954. The van der Waals surface area contributed by atoms with E-state index in [0.29, 0.717) is 22.1 Å². The first kappa shape index (κ1) is 11.5. The van der Waals surface area contributed by atoms with Crippen LogP contribution in [0.25, 0.3) is 28.1 Å². The number of para-hydroxylation sites is 2. The van der Waals surface area contributed by atoms with Crippen LogP contribution >= 0.6 is 0 Å². The smallest absolute Gasteiger partial charge is 0.325 e. The number of aromatic nitrogens is 5. The maximum absolute atomic E-state index is 11.5. The summed E-state index contributed by atoms with van der Waals surface area (Å²) in [5.74, 6) is -0.662. The van der Waals surface area contributed by atoms with Crippen molar-refractivity contribution in [1.82, 2.24) is 24.7 Å². The van der Waals surface area contributed by atoms with Crippen LogP contribution in [0.3, 0.4) is 0 Å². The van der Waals surface area contributed by atoms with E-state index in [1.54, 1.807) is 6.07 Å². The molecule has 4 aromatic rings. The number of nitrogens with two attached hydrogens (primary N) is 1. The van der Waals surface area contributed by atoms with Crippen LogP contribution in [0, 0.1) is 0 Å². The monoisotopic (exact) mass is 280 g/mol. The molecule has 4 rings (SSSR count). The molecule has 0 bridgehead atoms. The maximum Gasteiger partial charge on any atom is 0.325 e. The molecular formula is C13H8N6O2. The summed E-state index contributed by atoms with van der Waals surface area (Å²) < 4.78 is 6.98. The first-order valence-corrected chi connectivity index (χ1v) is 6.08. The van der Waals surface area contributed by atoms with Crippen molar-refractivity contribution in [2.24, 2.45) is 5.73 Å². The predicted octanol–water partition coefficient (Wildman–Crippen LogP) is 1.06. The van der Waals surface area contributed by atoms with Gasteiger partial charge in [0.25, 0.3) is 5.91 Å². The number of carbonyl (C=O) groups excluding carboxylic acids is 1. The van der Waals surface area contributed by atoms with E-state index in [4.69, 9.17) is 10.2 Å². The van der Waals surface area contributed by atoms with Gasteiger partial charge in [0, 0.05) is 6.20 Å². The SMILES string of the molecule is NC(=O)c1nn(-c2nc3ccccc3o2)c2ncncc12. The lowest BCUT2D eigenvalue weighted by atomic mass is 10.3. The third kappa shape index (κ3) is 1.66. The molecule has 1 aromatic carbocycles. The predicted molar refractivity (Wildman–Crippen MR) is 72.7 cm³/mol. The second kappa shape index (κ2) is 4.10. The number of amides is 1. The van der Waals surface area contributed by atoms with Gasteiger partial charge in [-0.1, -0.05) is 12.1 Å². The lowest BCUT2D eigenvalue weighted by Gasteiger charge is -1.94. The lowest BCUT2D eigenvalue weighted by molar-refractivity contribution is 0.0996. The van der Waals surface area contributed by atoms with Crippen LogP contribution in [0.2, 0.25) is 0 Å². The largest absolute Gasteiger partial charge is 0.422 e. The number of nitrogens with zero attached hydrogens (tertiary/aromatic N) is 5. The fourth-order valence-corrected chi connectivity index (χ4v) is 2.13. The molecule has 3 aromatic heterocycles. The normalized spacial score (nSPS) is 11.2. The van der Waals surface area contributed by atoms with Crippen molar-refractivity contribution in [2.45, 2.75) is 0 Å². The number of fused-ring (bicyclic) bond motifs is 2. The number of benzene rings is 1. The Kier molecular flexibility index (Phi) is 2.25. The van der Waals surface area contributed by atoms with Crippen LogP contribution in [-0.2, 0) is 0 Å². The van der Waals surface area contributed by atoms with Gasteiger partial charge in [-0.3, -0.25) is 4.79 Å². The van der Waals surface area contributed by atoms with Crippen molar-refractivity contribution in [3.8, 4) is 6.01 Å². The van der Waals surface area contributed by atoms with Crippen LogP contribution in [-0.4, -0.2) is 30.6 Å². The second-order valence-electron chi connectivity index (χ2n) is 4.35. The first-order valence-electron chi connectivity index (χ1n) is 6.08. The van der Waals surface area contributed by atoms with Gasteiger partial charge in [-0.25, -0.2) is 9.97 Å². The Morgan fingerprint density at radius 3 is 2.95 bits per heavy atom. The molecule has 0 aliphatic rings. The Labute approximate surface area is 117 Å². The fourth-order valence-electron chi connectivity index (χ4n) is 2.13. The van der Waals surface area contributed by atoms with Gasteiger partial charge in [0.05, 0.1) is 5.39 Å². The Balaban J connectivity index is 2.03. The molecule has 0 spiro atoms. The molecule has 8 heteroatoms. The molecular weight excluding hydrogens is 272 g/mol. The van der Waals surface area contributed by atoms with E-state index in [1.807, 2.05) is 18.2 Å². The van der Waals surface area contributed by atoms with Gasteiger partial charge in [-0.2, -0.15) is 14.8 Å². The molecule has 0 aliphatic heterocycles. The van der Waals surface area contributed by atoms with E-state index >= 15 is 0 Å². The van der Waals surface area contributed by atoms with Crippen molar-refractivity contribution in [1.29, 1.82) is 0 Å². The van der Waals surface area contributed by atoms with Crippen molar-refractivity contribution < 1.29 is 9.21 Å². The van der Waals surface area contributed by atoms with Gasteiger partial charge in [-0.05, 0) is 12.1 Å². The highest BCUT2D eigenvalue weighted by atomic mass is 16.4. The molecule has 21 heavy (non-hydrogen) atoms. The molecule has 3 heterocycles. The molecule has 8 nitrogen and oxygen atoms in total. The number of oxazole rings is 1. The van der Waals surface area contributed by atoms with Crippen molar-refractivity contribution in [3.05, 3.63) is 42.5 Å². The number of primary amides is 1. The highest BCUT2D eigenvalue weighted by molar-refractivity contribution is 6.03. The molecule has 0 unspecified atom stereocenters. The first-order chi connectivity index (χ1) is 10.2. The second-order valence-corrected chi connectivity index (χ2v) is 4.35. The number of carbonyl (C=O) groups is 1. The highest BCUT2D eigenvalue weighted by Crippen LogP contribution is 2.22. The molecule has 0 atom stereocenters. The molecule has 1 amide bonds. The summed E-state index contributed by atoms with van der Waals surface area (Å²) in [6, 6.07) is 7.52. The molecule has 2 N–H and O–H groups in total. The summed E-state index contributed by atoms with van der Waals surface area (Å²) in [5, 5.41) is 4.59. The minimum Gasteiger partial charge on any atom is -0.422 e. The maximum atomic E-state index is 11.5. The number of hydrogen-bond acceptors (Lipinski definition) is 6. The minimum absolute atomic E-state index is 0.0767. The van der Waals surface area contributed by atoms with E-state index in [-0.39, 0.29) is 11.7 Å². The Hall–Kier alpha value is -3.29. The third-order valence-electron chi connectivity index (χ3n) is 3.04. The average Bonchev–Trinajstić information content (AvgIpc) is 3.08. The molecule has 0 saturated heterocycles. The van der Waals surface area contributed by atoms with Crippen molar-refractivity contribution in [2.75, 3.05) is 0 Å². The highest BCUT2D eigenvalue weighted by Gasteiger charge is 2.19. The number of hydrogen-bond donors (Lipinski definition) is 1. The zero-order valence-electron chi connectivity index (χ0n) is 10.6. The number of rotatable bonds is 2. The van der Waals surface area contributed by atoms with Crippen molar-refractivity contribution >= 4 is 28.0 Å². The van der Waals surface area contributed by atoms with Gasteiger partial charge in [-0.15, -0.1) is 0 Å². The van der Waals surface area contributed by atoms with Crippen LogP contribution in [0.4, 0.5) is 0 Å². The molecule has 0 aliphatic carbocycles. The minimum atomic E-state index is -0.662. The molecule has 102 valence electrons. The summed E-state index contributed by atoms with van der Waals surface area (Å²) >= 11 is 0. The molecule has 0 radical (unpaired) electrons. The van der Waals surface area contributed by atoms with Crippen LogP contribution in [0.5, 0.6) is 0 Å². The lowest BCUT2D eigenvalue weighted by Crippen LogP contribution is -2.12. The van der Waals surface area contributed by atoms with Crippen LogP contribution in [0.1, 0.15) is 10.5 Å². The quantitative estimate of drug-likeness (QED) is 0.587. The van der Waals surface area contributed by atoms with E-state index in [0.717, 1.165) is 0 Å². The van der Waals surface area contributed by atoms with Gasteiger partial charge in [0.1, 0.15) is 11.8 Å². The zero-order valence-corrected chi connectivity index (χ0v) is 10.6. The summed E-state index contributed by atoms with van der Waals surface area (Å²) in [4.78, 5) is 23.8. The standard InChI is InChI=1S/C13H8N6O2/c14-11(20)10-7-5-15-6-16-12(7)19(18-10)13-17-8-3-1-2-4-9(8)21-13/h1-6H,(H2,14,20). The summed E-state index contributed by atoms with van der Waals surface area (Å²) in [5.41, 5.74) is 7.11. The van der Waals surface area contributed by atoms with E-state index in [2.05, 4.69) is 20.1 Å². The summed E-state index contributed by atoms with van der Waals surface area (Å²) in [7, 11) is 0. The third-order valence-corrected chi connectivity index (χ3v) is 3.04. The van der Waals surface area contributed by atoms with E-state index in [1.165, 1.54) is 17.2 Å². The average molecular weight is 280 g/mol. The topological polar surface area (TPSA) is 113 Å². The van der Waals surface area contributed by atoms with Gasteiger partial charge < -0.3 is 10.2 Å². The molecule has 0 fully saturated rings. The van der Waals surface area contributed by atoms with Crippen LogP contribution < -0.4 is 5.73 Å². The van der Waals surface area contributed by atoms with Gasteiger partial charge >= 0.3 is 6.01 Å². The van der Waals surface area contributed by atoms with Crippen molar-refractivity contribution in [3.63, 3.8) is 0 Å². The fraction of sp³-hybridized carbons (Fsp3) is 0. The van der Waals surface area contributed by atoms with Gasteiger partial charge in [0.15, 0.2) is 16.9 Å². The molecule has 0 saturated carbocycles. The zero-order chi connectivity index (χ0) is 14.4. The van der Waals surface area contributed by atoms with Gasteiger partial charge in [0.2, 0.25) is 0 Å². The summed E-state index contributed by atoms with van der Waals surface area (Å²) in [6.07, 6.45) is 2.84. The van der Waals surface area contributed by atoms with E-state index in [9.17, 15) is 4.79 Å².